The highest BCUT2D eigenvalue weighted by atomic mass is 35.5. The van der Waals surface area contributed by atoms with Crippen LogP contribution in [0.1, 0.15) is 18.0 Å². The third-order valence-electron chi connectivity index (χ3n) is 3.16. The minimum Gasteiger partial charge on any atom is -0.326 e. The number of hydrogen-bond donors (Lipinski definition) is 2. The van der Waals surface area contributed by atoms with E-state index < -0.39 is 27.8 Å². The topological polar surface area (TPSA) is 75.3 Å². The number of nitrogens with one attached hydrogen (secondary N) is 2. The molecule has 2 N–H and O–H groups in total. The fourth-order valence-electron chi connectivity index (χ4n) is 2.20. The summed E-state index contributed by atoms with van der Waals surface area (Å²) < 4.78 is 38.6. The molecule has 0 saturated carbocycles. The van der Waals surface area contributed by atoms with Crippen molar-refractivity contribution in [2.45, 2.75) is 12.5 Å². The first-order valence-corrected chi connectivity index (χ1v) is 9.76. The highest BCUT2D eigenvalue weighted by molar-refractivity contribution is 7.88. The SMILES string of the molecule is CS(=O)(=O)N[C@H](CC(=O)Nc1cc(Cl)cc(Cl)c1)c1ccc(F)cc1. The summed E-state index contributed by atoms with van der Waals surface area (Å²) >= 11 is 11.7. The molecule has 2 aromatic carbocycles. The minimum absolute atomic E-state index is 0.192. The fourth-order valence-corrected chi connectivity index (χ4v) is 3.47. The quantitative estimate of drug-likeness (QED) is 0.769. The molecule has 0 fully saturated rings. The smallest absolute Gasteiger partial charge is 0.226 e. The van der Waals surface area contributed by atoms with Crippen LogP contribution in [0.2, 0.25) is 10.0 Å². The molecule has 0 radical (unpaired) electrons. The number of carbonyl (C=O) groups excluding carboxylic acids is 1. The largest absolute Gasteiger partial charge is 0.326 e. The van der Waals surface area contributed by atoms with E-state index in [1.54, 1.807) is 0 Å². The lowest BCUT2D eigenvalue weighted by atomic mass is 10.0. The van der Waals surface area contributed by atoms with Gasteiger partial charge >= 0.3 is 0 Å². The van der Waals surface area contributed by atoms with Gasteiger partial charge in [-0.2, -0.15) is 0 Å². The Hall–Kier alpha value is -1.67. The van der Waals surface area contributed by atoms with Crippen LogP contribution in [0.4, 0.5) is 10.1 Å². The van der Waals surface area contributed by atoms with Gasteiger partial charge in [-0.15, -0.1) is 0 Å². The van der Waals surface area contributed by atoms with Gasteiger partial charge in [0.15, 0.2) is 0 Å². The normalized spacial score (nSPS) is 12.6. The monoisotopic (exact) mass is 404 g/mol. The predicted octanol–water partition coefficient (Wildman–Crippen LogP) is 3.75. The first-order chi connectivity index (χ1) is 11.6. The van der Waals surface area contributed by atoms with E-state index in [-0.39, 0.29) is 6.42 Å². The van der Waals surface area contributed by atoms with Crippen molar-refractivity contribution >= 4 is 44.8 Å². The molecule has 0 aliphatic heterocycles. The zero-order chi connectivity index (χ0) is 18.6. The van der Waals surface area contributed by atoms with Gasteiger partial charge in [-0.05, 0) is 35.9 Å². The Kier molecular flexibility index (Phi) is 6.40. The molecule has 0 aliphatic carbocycles. The molecule has 1 atom stereocenters. The molecule has 9 heteroatoms. The first kappa shape index (κ1) is 19.7. The fraction of sp³-hybridized carbons (Fsp3) is 0.188. The summed E-state index contributed by atoms with van der Waals surface area (Å²) in [5, 5.41) is 3.31. The van der Waals surface area contributed by atoms with E-state index in [4.69, 9.17) is 23.2 Å². The maximum absolute atomic E-state index is 13.1. The van der Waals surface area contributed by atoms with E-state index in [1.165, 1.54) is 42.5 Å². The second-order valence-corrected chi connectivity index (χ2v) is 8.06. The van der Waals surface area contributed by atoms with Crippen molar-refractivity contribution in [3.8, 4) is 0 Å². The molecule has 0 bridgehead atoms. The summed E-state index contributed by atoms with van der Waals surface area (Å²) in [5.41, 5.74) is 0.853. The summed E-state index contributed by atoms with van der Waals surface area (Å²) in [7, 11) is -3.58. The van der Waals surface area contributed by atoms with Crippen LogP contribution in [0.5, 0.6) is 0 Å². The number of amides is 1. The first-order valence-electron chi connectivity index (χ1n) is 7.11. The number of rotatable bonds is 6. The lowest BCUT2D eigenvalue weighted by Crippen LogP contribution is -2.30. The van der Waals surface area contributed by atoms with Crippen LogP contribution >= 0.6 is 23.2 Å². The van der Waals surface area contributed by atoms with Crippen molar-refractivity contribution in [3.05, 3.63) is 63.9 Å². The van der Waals surface area contributed by atoms with Gasteiger partial charge in [0, 0.05) is 22.2 Å². The molecule has 1 amide bonds. The second kappa shape index (κ2) is 8.14. The van der Waals surface area contributed by atoms with E-state index in [2.05, 4.69) is 10.0 Å². The van der Waals surface area contributed by atoms with Crippen molar-refractivity contribution in [2.75, 3.05) is 11.6 Å². The molecule has 25 heavy (non-hydrogen) atoms. The Balaban J connectivity index is 2.17. The molecule has 2 aromatic rings. The number of carbonyl (C=O) groups is 1. The Morgan fingerprint density at radius 1 is 1.12 bits per heavy atom. The van der Waals surface area contributed by atoms with Crippen LogP contribution in [-0.2, 0) is 14.8 Å². The van der Waals surface area contributed by atoms with Crippen molar-refractivity contribution in [1.82, 2.24) is 4.72 Å². The van der Waals surface area contributed by atoms with E-state index in [1.807, 2.05) is 0 Å². The van der Waals surface area contributed by atoms with Crippen LogP contribution in [0.3, 0.4) is 0 Å². The van der Waals surface area contributed by atoms with Crippen LogP contribution in [0, 0.1) is 5.82 Å². The second-order valence-electron chi connectivity index (χ2n) is 5.40. The van der Waals surface area contributed by atoms with E-state index in [0.29, 0.717) is 21.3 Å². The van der Waals surface area contributed by atoms with Gasteiger partial charge in [-0.1, -0.05) is 35.3 Å². The molecule has 0 saturated heterocycles. The van der Waals surface area contributed by atoms with Gasteiger partial charge in [0.25, 0.3) is 0 Å². The maximum Gasteiger partial charge on any atom is 0.226 e. The lowest BCUT2D eigenvalue weighted by Gasteiger charge is -2.18. The predicted molar refractivity (Wildman–Crippen MR) is 96.8 cm³/mol. The molecular formula is C16H15Cl2FN2O3S. The van der Waals surface area contributed by atoms with Crippen LogP contribution in [-0.4, -0.2) is 20.6 Å². The molecule has 0 aliphatic rings. The van der Waals surface area contributed by atoms with Gasteiger partial charge in [0.2, 0.25) is 15.9 Å². The Morgan fingerprint density at radius 2 is 1.68 bits per heavy atom. The maximum atomic E-state index is 13.1. The van der Waals surface area contributed by atoms with Crippen molar-refractivity contribution in [3.63, 3.8) is 0 Å². The van der Waals surface area contributed by atoms with Crippen LogP contribution in [0.25, 0.3) is 0 Å². The van der Waals surface area contributed by atoms with E-state index in [0.717, 1.165) is 6.26 Å². The number of sulfonamides is 1. The molecule has 5 nitrogen and oxygen atoms in total. The van der Waals surface area contributed by atoms with Crippen molar-refractivity contribution in [2.24, 2.45) is 0 Å². The molecule has 134 valence electrons. The number of halogens is 3. The van der Waals surface area contributed by atoms with Crippen molar-refractivity contribution in [1.29, 1.82) is 0 Å². The lowest BCUT2D eigenvalue weighted by molar-refractivity contribution is -0.116. The average molecular weight is 405 g/mol. The standard InChI is InChI=1S/C16H15Cl2FN2O3S/c1-25(23,24)21-15(10-2-4-13(19)5-3-10)9-16(22)20-14-7-11(17)6-12(18)8-14/h2-8,15,21H,9H2,1H3,(H,20,22)/t15-/m1/s1. The summed E-state index contributed by atoms with van der Waals surface area (Å²) in [4.78, 5) is 12.3. The Morgan fingerprint density at radius 3 is 2.20 bits per heavy atom. The molecule has 0 spiro atoms. The zero-order valence-corrected chi connectivity index (χ0v) is 15.4. The summed E-state index contributed by atoms with van der Waals surface area (Å²) in [6.45, 7) is 0. The van der Waals surface area contributed by atoms with Gasteiger partial charge in [-0.3, -0.25) is 4.79 Å². The minimum atomic E-state index is -3.58. The summed E-state index contributed by atoms with van der Waals surface area (Å²) in [6, 6.07) is 8.94. The van der Waals surface area contributed by atoms with Crippen LogP contribution < -0.4 is 10.0 Å². The van der Waals surface area contributed by atoms with Gasteiger partial charge < -0.3 is 5.32 Å². The third-order valence-corrected chi connectivity index (χ3v) is 4.31. The van der Waals surface area contributed by atoms with Gasteiger partial charge in [0.05, 0.1) is 12.3 Å². The molecule has 2 rings (SSSR count). The van der Waals surface area contributed by atoms with Gasteiger partial charge in [-0.25, -0.2) is 17.5 Å². The Labute approximate surface area is 155 Å². The third kappa shape index (κ3) is 6.62. The zero-order valence-electron chi connectivity index (χ0n) is 13.1. The van der Waals surface area contributed by atoms with E-state index >= 15 is 0 Å². The molecule has 0 aromatic heterocycles. The Bertz CT molecular complexity index is 853. The summed E-state index contributed by atoms with van der Waals surface area (Å²) in [5.74, 6) is -0.913. The highest BCUT2D eigenvalue weighted by Crippen LogP contribution is 2.24. The van der Waals surface area contributed by atoms with Gasteiger partial charge in [0.1, 0.15) is 5.82 Å². The highest BCUT2D eigenvalue weighted by Gasteiger charge is 2.20. The number of benzene rings is 2. The number of hydrogen-bond acceptors (Lipinski definition) is 3. The van der Waals surface area contributed by atoms with Crippen LogP contribution in [0.15, 0.2) is 42.5 Å². The molecular weight excluding hydrogens is 390 g/mol. The van der Waals surface area contributed by atoms with Crippen molar-refractivity contribution < 1.29 is 17.6 Å². The number of anilines is 1. The van der Waals surface area contributed by atoms with E-state index in [9.17, 15) is 17.6 Å². The average Bonchev–Trinajstić information content (AvgIpc) is 2.44. The molecule has 0 unspecified atom stereocenters. The summed E-state index contributed by atoms with van der Waals surface area (Å²) in [6.07, 6.45) is 0.793. The molecule has 0 heterocycles.